The van der Waals surface area contributed by atoms with E-state index in [4.69, 9.17) is 4.98 Å². The van der Waals surface area contributed by atoms with Crippen molar-refractivity contribution < 1.29 is 0 Å². The molecule has 0 unspecified atom stereocenters. The van der Waals surface area contributed by atoms with E-state index in [1.807, 2.05) is 59.2 Å². The number of aromatic nitrogens is 8. The quantitative estimate of drug-likeness (QED) is 0.262. The summed E-state index contributed by atoms with van der Waals surface area (Å²) in [7, 11) is 0. The Morgan fingerprint density at radius 3 is 2.28 bits per heavy atom. The lowest BCUT2D eigenvalue weighted by atomic mass is 9.88. The normalized spacial score (nSPS) is 14.0. The van der Waals surface area contributed by atoms with Gasteiger partial charge in [0.15, 0.2) is 17.0 Å². The SMILES string of the molecule is O=c1[nH]c(=O)n(CCc2ccccc2)c2nc(C3CCCCC3)n(Cc3ccc(-c4ccccc4-c4nnn[nH]4)cc3)c12. The predicted molar refractivity (Wildman–Crippen MR) is 165 cm³/mol. The van der Waals surface area contributed by atoms with Crippen LogP contribution in [-0.2, 0) is 19.5 Å². The number of rotatable bonds is 8. The molecule has 0 bridgehead atoms. The van der Waals surface area contributed by atoms with Crippen LogP contribution in [0.2, 0.25) is 0 Å². The highest BCUT2D eigenvalue weighted by Crippen LogP contribution is 2.34. The Morgan fingerprint density at radius 2 is 1.53 bits per heavy atom. The first kappa shape index (κ1) is 26.8. The van der Waals surface area contributed by atoms with E-state index in [-0.39, 0.29) is 5.92 Å². The summed E-state index contributed by atoms with van der Waals surface area (Å²) in [5.74, 6) is 1.76. The molecule has 0 amide bonds. The van der Waals surface area contributed by atoms with Gasteiger partial charge in [0, 0.05) is 24.6 Å². The Morgan fingerprint density at radius 1 is 0.791 bits per heavy atom. The van der Waals surface area contributed by atoms with Crippen LogP contribution in [0.15, 0.2) is 88.5 Å². The van der Waals surface area contributed by atoms with Gasteiger partial charge in [0.25, 0.3) is 5.56 Å². The van der Waals surface area contributed by atoms with Gasteiger partial charge in [-0.2, -0.15) is 0 Å². The van der Waals surface area contributed by atoms with Crippen LogP contribution >= 0.6 is 0 Å². The first-order chi connectivity index (χ1) is 21.2. The first-order valence-electron chi connectivity index (χ1n) is 14.9. The number of aromatic amines is 2. The third-order valence-corrected chi connectivity index (χ3v) is 8.49. The highest BCUT2D eigenvalue weighted by Gasteiger charge is 2.26. The van der Waals surface area contributed by atoms with Crippen molar-refractivity contribution in [3.63, 3.8) is 0 Å². The zero-order chi connectivity index (χ0) is 29.2. The fourth-order valence-electron chi connectivity index (χ4n) is 6.30. The third kappa shape index (κ3) is 5.31. The van der Waals surface area contributed by atoms with Gasteiger partial charge in [-0.15, -0.1) is 5.10 Å². The highest BCUT2D eigenvalue weighted by atomic mass is 16.2. The van der Waals surface area contributed by atoms with Crippen molar-refractivity contribution in [2.24, 2.45) is 0 Å². The van der Waals surface area contributed by atoms with Gasteiger partial charge in [0.2, 0.25) is 0 Å². The zero-order valence-electron chi connectivity index (χ0n) is 23.7. The molecule has 10 nitrogen and oxygen atoms in total. The maximum absolute atomic E-state index is 13.4. The average molecular weight is 573 g/mol. The number of tetrazole rings is 1. The molecule has 1 aliphatic carbocycles. The molecule has 7 rings (SSSR count). The van der Waals surface area contributed by atoms with Crippen molar-refractivity contribution in [1.29, 1.82) is 0 Å². The number of H-pyrrole nitrogens is 2. The molecule has 3 aromatic carbocycles. The zero-order valence-corrected chi connectivity index (χ0v) is 23.7. The topological polar surface area (TPSA) is 127 Å². The number of aryl methyl sites for hydroxylation is 2. The number of nitrogens with zero attached hydrogens (tertiary/aromatic N) is 6. The Labute approximate surface area is 247 Å². The summed E-state index contributed by atoms with van der Waals surface area (Å²) in [6.45, 7) is 0.919. The van der Waals surface area contributed by atoms with Gasteiger partial charge < -0.3 is 4.57 Å². The number of nitrogens with one attached hydrogen (secondary N) is 2. The second kappa shape index (κ2) is 11.6. The number of hydrogen-bond donors (Lipinski definition) is 2. The van der Waals surface area contributed by atoms with Crippen LogP contribution in [0.4, 0.5) is 0 Å². The van der Waals surface area contributed by atoms with Crippen LogP contribution in [0.1, 0.15) is 55.0 Å². The molecule has 0 atom stereocenters. The molecule has 0 radical (unpaired) electrons. The van der Waals surface area contributed by atoms with E-state index in [1.54, 1.807) is 4.57 Å². The lowest BCUT2D eigenvalue weighted by Gasteiger charge is -2.22. The summed E-state index contributed by atoms with van der Waals surface area (Å²) in [5.41, 5.74) is 5.25. The maximum Gasteiger partial charge on any atom is 0.330 e. The molecule has 3 heterocycles. The fraction of sp³-hybridized carbons (Fsp3) is 0.273. The van der Waals surface area contributed by atoms with Crippen LogP contribution in [0.25, 0.3) is 33.7 Å². The van der Waals surface area contributed by atoms with E-state index < -0.39 is 11.2 Å². The molecule has 0 spiro atoms. The molecule has 1 saturated carbocycles. The monoisotopic (exact) mass is 572 g/mol. The minimum absolute atomic E-state index is 0.250. The number of imidazole rings is 1. The summed E-state index contributed by atoms with van der Waals surface area (Å²) >= 11 is 0. The van der Waals surface area contributed by atoms with E-state index >= 15 is 0 Å². The van der Waals surface area contributed by atoms with Gasteiger partial charge in [-0.05, 0) is 51.9 Å². The van der Waals surface area contributed by atoms with E-state index in [0.29, 0.717) is 36.5 Å². The number of fused-ring (bicyclic) bond motifs is 1. The van der Waals surface area contributed by atoms with Crippen LogP contribution in [0, 0.1) is 0 Å². The van der Waals surface area contributed by atoms with Gasteiger partial charge in [0.05, 0.1) is 0 Å². The highest BCUT2D eigenvalue weighted by molar-refractivity contribution is 5.80. The van der Waals surface area contributed by atoms with Crippen molar-refractivity contribution >= 4 is 11.2 Å². The van der Waals surface area contributed by atoms with Crippen molar-refractivity contribution in [2.45, 2.75) is 57.5 Å². The summed E-state index contributed by atoms with van der Waals surface area (Å²) in [5, 5.41) is 14.4. The fourth-order valence-corrected chi connectivity index (χ4v) is 6.30. The van der Waals surface area contributed by atoms with Gasteiger partial charge >= 0.3 is 5.69 Å². The smallest absolute Gasteiger partial charge is 0.317 e. The van der Waals surface area contributed by atoms with E-state index in [1.165, 1.54) is 6.42 Å². The predicted octanol–water partition coefficient (Wildman–Crippen LogP) is 5.07. The second-order valence-corrected chi connectivity index (χ2v) is 11.2. The molecule has 3 aromatic heterocycles. The van der Waals surface area contributed by atoms with Crippen LogP contribution in [0.5, 0.6) is 0 Å². The molecule has 1 fully saturated rings. The minimum atomic E-state index is -0.418. The molecular weight excluding hydrogens is 540 g/mol. The minimum Gasteiger partial charge on any atom is -0.317 e. The Balaban J connectivity index is 1.27. The first-order valence-corrected chi connectivity index (χ1v) is 14.9. The van der Waals surface area contributed by atoms with Gasteiger partial charge in [-0.1, -0.05) is 98.1 Å². The van der Waals surface area contributed by atoms with Crippen molar-refractivity contribution in [3.05, 3.63) is 117 Å². The molecular formula is C33H32N8O2. The standard InChI is InChI=1S/C33H32N8O2/c42-32-28-31(40(33(43)35-32)20-19-22-9-3-1-4-10-22)34-30(25-11-5-2-6-12-25)41(28)21-23-15-17-24(18-16-23)26-13-7-8-14-27(26)29-36-38-39-37-29/h1,3-4,7-10,13-18,25H,2,5-6,11-12,19-21H2,(H,35,42,43)(H,36,37,38,39). The largest absolute Gasteiger partial charge is 0.330 e. The Kier molecular flexibility index (Phi) is 7.24. The van der Waals surface area contributed by atoms with E-state index in [0.717, 1.165) is 59.3 Å². The lowest BCUT2D eigenvalue weighted by molar-refractivity contribution is 0.420. The van der Waals surface area contributed by atoms with Crippen molar-refractivity contribution in [2.75, 3.05) is 0 Å². The van der Waals surface area contributed by atoms with E-state index in [2.05, 4.69) is 49.9 Å². The Bertz CT molecular complexity index is 1970. The number of hydrogen-bond acceptors (Lipinski definition) is 6. The van der Waals surface area contributed by atoms with Gasteiger partial charge in [-0.3, -0.25) is 14.3 Å². The van der Waals surface area contributed by atoms with Crippen LogP contribution in [0.3, 0.4) is 0 Å². The summed E-state index contributed by atoms with van der Waals surface area (Å²) in [6.07, 6.45) is 6.22. The van der Waals surface area contributed by atoms with Crippen molar-refractivity contribution in [1.82, 2.24) is 39.7 Å². The lowest BCUT2D eigenvalue weighted by Crippen LogP contribution is -2.31. The van der Waals surface area contributed by atoms with Gasteiger partial charge in [-0.25, -0.2) is 14.9 Å². The van der Waals surface area contributed by atoms with E-state index in [9.17, 15) is 9.59 Å². The average Bonchev–Trinajstić information content (AvgIpc) is 3.72. The van der Waals surface area contributed by atoms with Gasteiger partial charge in [0.1, 0.15) is 5.82 Å². The summed E-state index contributed by atoms with van der Waals surface area (Å²) in [4.78, 5) is 34.1. The molecule has 0 saturated heterocycles. The third-order valence-electron chi connectivity index (χ3n) is 8.49. The van der Waals surface area contributed by atoms with Crippen LogP contribution < -0.4 is 11.2 Å². The maximum atomic E-state index is 13.4. The molecule has 43 heavy (non-hydrogen) atoms. The van der Waals surface area contributed by atoms with Crippen LogP contribution in [-0.4, -0.2) is 39.7 Å². The second-order valence-electron chi connectivity index (χ2n) is 11.2. The molecule has 6 aromatic rings. The molecule has 216 valence electrons. The van der Waals surface area contributed by atoms with Crippen molar-refractivity contribution in [3.8, 4) is 22.5 Å². The Hall–Kier alpha value is -5.12. The molecule has 10 heteroatoms. The molecule has 0 aliphatic heterocycles. The molecule has 2 N–H and O–H groups in total. The summed E-state index contributed by atoms with van der Waals surface area (Å²) in [6, 6.07) is 26.4. The molecule has 1 aliphatic rings. The summed E-state index contributed by atoms with van der Waals surface area (Å²) < 4.78 is 3.68. The number of benzene rings is 3.